The van der Waals surface area contributed by atoms with Gasteiger partial charge in [0, 0.05) is 18.2 Å². The quantitative estimate of drug-likeness (QED) is 0.574. The Morgan fingerprint density at radius 2 is 2.07 bits per heavy atom. The minimum Gasteiger partial charge on any atom is -0.308 e. The van der Waals surface area contributed by atoms with Crippen molar-refractivity contribution in [1.82, 2.24) is 9.97 Å². The van der Waals surface area contributed by atoms with Crippen LogP contribution in [0.2, 0.25) is 0 Å². The molecular weight excluding hydrogens is 188 g/mol. The highest BCUT2D eigenvalue weighted by Crippen LogP contribution is 2.33. The normalized spacial score (nSPS) is 26.3. The lowest BCUT2D eigenvalue weighted by Gasteiger charge is -2.24. The number of hydrazine groups is 1. The number of nitrogens with zero attached hydrogens (tertiary/aromatic N) is 2. The molecule has 4 heteroatoms. The van der Waals surface area contributed by atoms with Crippen molar-refractivity contribution < 1.29 is 0 Å². The van der Waals surface area contributed by atoms with E-state index < -0.39 is 0 Å². The molecule has 1 aromatic heterocycles. The summed E-state index contributed by atoms with van der Waals surface area (Å²) in [5.41, 5.74) is 2.56. The smallest absolute Gasteiger partial charge is 0.143 e. The maximum absolute atomic E-state index is 5.33. The van der Waals surface area contributed by atoms with Gasteiger partial charge < -0.3 is 5.43 Å². The van der Waals surface area contributed by atoms with E-state index >= 15 is 0 Å². The summed E-state index contributed by atoms with van der Waals surface area (Å²) >= 11 is 0. The molecule has 15 heavy (non-hydrogen) atoms. The zero-order chi connectivity index (χ0) is 10.7. The van der Waals surface area contributed by atoms with Crippen LogP contribution in [0, 0.1) is 5.92 Å². The summed E-state index contributed by atoms with van der Waals surface area (Å²) in [7, 11) is 0. The second-order valence-electron chi connectivity index (χ2n) is 4.40. The van der Waals surface area contributed by atoms with Crippen LogP contribution < -0.4 is 11.3 Å². The molecule has 1 aliphatic carbocycles. The van der Waals surface area contributed by atoms with E-state index in [0.717, 1.165) is 11.7 Å². The molecule has 0 aliphatic heterocycles. The van der Waals surface area contributed by atoms with Gasteiger partial charge in [0.05, 0.1) is 0 Å². The Kier molecular flexibility index (Phi) is 3.16. The zero-order valence-corrected chi connectivity index (χ0v) is 9.11. The molecule has 0 unspecified atom stereocenters. The molecule has 1 heterocycles. The first-order valence-corrected chi connectivity index (χ1v) is 5.59. The minimum atomic E-state index is 0.523. The average molecular weight is 206 g/mol. The number of hydrogen-bond donors (Lipinski definition) is 2. The topological polar surface area (TPSA) is 63.8 Å². The van der Waals surface area contributed by atoms with Gasteiger partial charge in [0.25, 0.3) is 0 Å². The van der Waals surface area contributed by atoms with Gasteiger partial charge in [-0.25, -0.2) is 15.8 Å². The second-order valence-corrected chi connectivity index (χ2v) is 4.40. The van der Waals surface area contributed by atoms with Crippen LogP contribution in [0.3, 0.4) is 0 Å². The molecule has 1 aromatic rings. The van der Waals surface area contributed by atoms with Gasteiger partial charge in [-0.2, -0.15) is 0 Å². The van der Waals surface area contributed by atoms with Gasteiger partial charge >= 0.3 is 0 Å². The Bertz CT molecular complexity index is 318. The summed E-state index contributed by atoms with van der Waals surface area (Å²) in [6.07, 6.45) is 6.75. The number of nitrogen functional groups attached to an aromatic ring is 1. The third-order valence-corrected chi connectivity index (χ3v) is 3.20. The molecule has 0 bridgehead atoms. The summed E-state index contributed by atoms with van der Waals surface area (Å²) in [5, 5.41) is 0. The fraction of sp³-hybridized carbons (Fsp3) is 0.636. The molecule has 1 aliphatic rings. The molecule has 0 spiro atoms. The summed E-state index contributed by atoms with van der Waals surface area (Å²) in [4.78, 5) is 8.72. The SMILES string of the molecule is CC1CCC(c2nccc(NN)n2)CC1. The van der Waals surface area contributed by atoms with Gasteiger partial charge in [-0.05, 0) is 18.8 Å². The minimum absolute atomic E-state index is 0.523. The van der Waals surface area contributed by atoms with Gasteiger partial charge in [0.15, 0.2) is 0 Å². The molecular formula is C11H18N4. The maximum atomic E-state index is 5.33. The molecule has 1 fully saturated rings. The molecule has 3 N–H and O–H groups in total. The highest BCUT2D eigenvalue weighted by molar-refractivity contribution is 5.31. The number of nitrogens with one attached hydrogen (secondary N) is 1. The Balaban J connectivity index is 2.08. The van der Waals surface area contributed by atoms with E-state index in [1.165, 1.54) is 25.7 Å². The van der Waals surface area contributed by atoms with Crippen LogP contribution in [0.4, 0.5) is 5.82 Å². The highest BCUT2D eigenvalue weighted by atomic mass is 15.3. The van der Waals surface area contributed by atoms with E-state index in [9.17, 15) is 0 Å². The van der Waals surface area contributed by atoms with Gasteiger partial charge in [0.1, 0.15) is 11.6 Å². The average Bonchev–Trinajstić information content (AvgIpc) is 2.30. The van der Waals surface area contributed by atoms with Gasteiger partial charge in [-0.1, -0.05) is 19.8 Å². The summed E-state index contributed by atoms with van der Waals surface area (Å²) in [6, 6.07) is 1.79. The fourth-order valence-electron chi connectivity index (χ4n) is 2.17. The standard InChI is InChI=1S/C11H18N4/c1-8-2-4-9(5-3-8)11-13-7-6-10(14-11)15-12/h6-9H,2-5,12H2,1H3,(H,13,14,15). The monoisotopic (exact) mass is 206 g/mol. The molecule has 0 atom stereocenters. The predicted octanol–water partition coefficient (Wildman–Crippen LogP) is 2.06. The number of aromatic nitrogens is 2. The predicted molar refractivity (Wildman–Crippen MR) is 60.2 cm³/mol. The lowest BCUT2D eigenvalue weighted by atomic mass is 9.82. The molecule has 0 radical (unpaired) electrons. The van der Waals surface area contributed by atoms with Crippen molar-refractivity contribution in [1.29, 1.82) is 0 Å². The Morgan fingerprint density at radius 1 is 1.33 bits per heavy atom. The van der Waals surface area contributed by atoms with Crippen molar-refractivity contribution in [3.8, 4) is 0 Å². The number of nitrogens with two attached hydrogens (primary N) is 1. The molecule has 2 rings (SSSR count). The van der Waals surface area contributed by atoms with Gasteiger partial charge in [0.2, 0.25) is 0 Å². The second kappa shape index (κ2) is 4.57. The van der Waals surface area contributed by atoms with E-state index in [0.29, 0.717) is 11.7 Å². The fourth-order valence-corrected chi connectivity index (χ4v) is 2.17. The molecule has 1 saturated carbocycles. The summed E-state index contributed by atoms with van der Waals surface area (Å²) < 4.78 is 0. The highest BCUT2D eigenvalue weighted by Gasteiger charge is 2.21. The van der Waals surface area contributed by atoms with E-state index in [2.05, 4.69) is 22.3 Å². The van der Waals surface area contributed by atoms with E-state index in [1.54, 1.807) is 12.3 Å². The maximum Gasteiger partial charge on any atom is 0.143 e. The van der Waals surface area contributed by atoms with E-state index in [4.69, 9.17) is 5.84 Å². The van der Waals surface area contributed by atoms with Gasteiger partial charge in [-0.3, -0.25) is 0 Å². The first kappa shape index (κ1) is 10.4. The van der Waals surface area contributed by atoms with Crippen LogP contribution in [0.15, 0.2) is 12.3 Å². The van der Waals surface area contributed by atoms with Crippen molar-refractivity contribution in [2.75, 3.05) is 5.43 Å². The van der Waals surface area contributed by atoms with Crippen LogP contribution >= 0.6 is 0 Å². The van der Waals surface area contributed by atoms with Crippen molar-refractivity contribution in [3.63, 3.8) is 0 Å². The molecule has 0 saturated heterocycles. The Hall–Kier alpha value is -1.16. The largest absolute Gasteiger partial charge is 0.308 e. The van der Waals surface area contributed by atoms with Crippen molar-refractivity contribution in [2.45, 2.75) is 38.5 Å². The molecule has 4 nitrogen and oxygen atoms in total. The first-order valence-electron chi connectivity index (χ1n) is 5.59. The number of hydrogen-bond acceptors (Lipinski definition) is 4. The van der Waals surface area contributed by atoms with E-state index in [1.807, 2.05) is 0 Å². The molecule has 82 valence electrons. The third kappa shape index (κ3) is 2.45. The zero-order valence-electron chi connectivity index (χ0n) is 9.11. The van der Waals surface area contributed by atoms with E-state index in [-0.39, 0.29) is 0 Å². The number of rotatable bonds is 2. The summed E-state index contributed by atoms with van der Waals surface area (Å²) in [6.45, 7) is 2.31. The van der Waals surface area contributed by atoms with Crippen molar-refractivity contribution in [3.05, 3.63) is 18.1 Å². The number of anilines is 1. The molecule has 0 aromatic carbocycles. The van der Waals surface area contributed by atoms with Gasteiger partial charge in [-0.15, -0.1) is 0 Å². The van der Waals surface area contributed by atoms with Crippen LogP contribution in [0.1, 0.15) is 44.3 Å². The lowest BCUT2D eigenvalue weighted by Crippen LogP contribution is -2.15. The van der Waals surface area contributed by atoms with Crippen LogP contribution in [0.5, 0.6) is 0 Å². The van der Waals surface area contributed by atoms with Crippen LogP contribution in [-0.2, 0) is 0 Å². The first-order chi connectivity index (χ1) is 7.29. The van der Waals surface area contributed by atoms with Crippen molar-refractivity contribution >= 4 is 5.82 Å². The van der Waals surface area contributed by atoms with Crippen LogP contribution in [-0.4, -0.2) is 9.97 Å². The lowest BCUT2D eigenvalue weighted by molar-refractivity contribution is 0.340. The Labute approximate surface area is 90.3 Å². The Morgan fingerprint density at radius 3 is 2.73 bits per heavy atom. The van der Waals surface area contributed by atoms with Crippen molar-refractivity contribution in [2.24, 2.45) is 11.8 Å². The van der Waals surface area contributed by atoms with Crippen LogP contribution in [0.25, 0.3) is 0 Å². The molecule has 0 amide bonds. The summed E-state index contributed by atoms with van der Waals surface area (Å²) in [5.74, 6) is 8.36. The third-order valence-electron chi connectivity index (χ3n) is 3.20.